The molecule has 1 saturated carbocycles. The molecular formula is C15H18ClNO. The molecule has 96 valence electrons. The standard InChI is InChI=1S/C15H18ClNO/c1-14(2)7-15(8-14)9-17(10-15)13(18)11-5-3-4-6-12(11)16/h3-6H,7-10H2,1-2H3. The number of halogens is 1. The Morgan fingerprint density at radius 2 is 1.83 bits per heavy atom. The van der Waals surface area contributed by atoms with Crippen molar-refractivity contribution in [2.45, 2.75) is 26.7 Å². The van der Waals surface area contributed by atoms with Gasteiger partial charge in [-0.05, 0) is 30.4 Å². The minimum absolute atomic E-state index is 0.0796. The predicted molar refractivity (Wildman–Crippen MR) is 72.8 cm³/mol. The normalized spacial score (nSPS) is 23.4. The second-order valence-corrected chi connectivity index (χ2v) is 7.07. The average molecular weight is 264 g/mol. The van der Waals surface area contributed by atoms with E-state index < -0.39 is 0 Å². The molecule has 1 aliphatic carbocycles. The van der Waals surface area contributed by atoms with Crippen LogP contribution in [0.3, 0.4) is 0 Å². The summed E-state index contributed by atoms with van der Waals surface area (Å²) >= 11 is 6.06. The molecule has 1 spiro atoms. The Morgan fingerprint density at radius 1 is 1.22 bits per heavy atom. The average Bonchev–Trinajstić information content (AvgIpc) is 2.22. The number of rotatable bonds is 1. The number of nitrogens with zero attached hydrogens (tertiary/aromatic N) is 1. The molecule has 1 saturated heterocycles. The van der Waals surface area contributed by atoms with Gasteiger partial charge in [0, 0.05) is 18.5 Å². The van der Waals surface area contributed by atoms with Gasteiger partial charge in [-0.2, -0.15) is 0 Å². The highest BCUT2D eigenvalue weighted by Gasteiger charge is 2.56. The fraction of sp³-hybridized carbons (Fsp3) is 0.533. The highest BCUT2D eigenvalue weighted by Crippen LogP contribution is 2.58. The van der Waals surface area contributed by atoms with Crippen LogP contribution >= 0.6 is 11.6 Å². The largest absolute Gasteiger partial charge is 0.337 e. The number of carbonyl (C=O) groups is 1. The Bertz CT molecular complexity index is 493. The highest BCUT2D eigenvalue weighted by molar-refractivity contribution is 6.33. The van der Waals surface area contributed by atoms with E-state index in [9.17, 15) is 4.79 Å². The van der Waals surface area contributed by atoms with Gasteiger partial charge in [-0.15, -0.1) is 0 Å². The third-order valence-corrected chi connectivity index (χ3v) is 4.48. The van der Waals surface area contributed by atoms with Crippen molar-refractivity contribution >= 4 is 17.5 Å². The van der Waals surface area contributed by atoms with Crippen molar-refractivity contribution in [3.63, 3.8) is 0 Å². The van der Waals surface area contributed by atoms with Gasteiger partial charge in [0.25, 0.3) is 5.91 Å². The van der Waals surface area contributed by atoms with Crippen molar-refractivity contribution in [3.8, 4) is 0 Å². The molecule has 0 bridgehead atoms. The molecule has 0 N–H and O–H groups in total. The quantitative estimate of drug-likeness (QED) is 0.758. The maximum Gasteiger partial charge on any atom is 0.255 e. The number of likely N-dealkylation sites (tertiary alicyclic amines) is 1. The zero-order chi connectivity index (χ0) is 13.0. The number of hydrogen-bond acceptors (Lipinski definition) is 1. The lowest BCUT2D eigenvalue weighted by Crippen LogP contribution is -2.65. The van der Waals surface area contributed by atoms with E-state index in [1.54, 1.807) is 12.1 Å². The molecule has 1 aromatic rings. The van der Waals surface area contributed by atoms with E-state index in [4.69, 9.17) is 11.6 Å². The molecule has 3 rings (SSSR count). The summed E-state index contributed by atoms with van der Waals surface area (Å²) in [5.41, 5.74) is 1.52. The fourth-order valence-electron chi connectivity index (χ4n) is 3.91. The maximum absolute atomic E-state index is 12.3. The lowest BCUT2D eigenvalue weighted by atomic mass is 9.51. The molecular weight excluding hydrogens is 246 g/mol. The maximum atomic E-state index is 12.3. The zero-order valence-corrected chi connectivity index (χ0v) is 11.6. The van der Waals surface area contributed by atoms with E-state index in [1.807, 2.05) is 17.0 Å². The van der Waals surface area contributed by atoms with E-state index in [1.165, 1.54) is 12.8 Å². The van der Waals surface area contributed by atoms with Gasteiger partial charge < -0.3 is 4.90 Å². The second kappa shape index (κ2) is 3.74. The first-order chi connectivity index (χ1) is 8.41. The minimum Gasteiger partial charge on any atom is -0.337 e. The molecule has 0 radical (unpaired) electrons. The second-order valence-electron chi connectivity index (χ2n) is 6.66. The number of amides is 1. The minimum atomic E-state index is 0.0796. The first-order valence-corrected chi connectivity index (χ1v) is 6.83. The molecule has 1 aliphatic heterocycles. The van der Waals surface area contributed by atoms with E-state index in [0.717, 1.165) is 13.1 Å². The summed E-state index contributed by atoms with van der Waals surface area (Å²) in [5.74, 6) is 0.0796. The summed E-state index contributed by atoms with van der Waals surface area (Å²) in [6.07, 6.45) is 2.48. The van der Waals surface area contributed by atoms with Crippen LogP contribution in [-0.4, -0.2) is 23.9 Å². The molecule has 0 unspecified atom stereocenters. The van der Waals surface area contributed by atoms with Gasteiger partial charge in [-0.1, -0.05) is 37.6 Å². The van der Waals surface area contributed by atoms with Crippen molar-refractivity contribution < 1.29 is 4.79 Å². The summed E-state index contributed by atoms with van der Waals surface area (Å²) in [5, 5.41) is 0.553. The molecule has 2 nitrogen and oxygen atoms in total. The van der Waals surface area contributed by atoms with Gasteiger partial charge in [-0.25, -0.2) is 0 Å². The lowest BCUT2D eigenvalue weighted by molar-refractivity contribution is -0.112. The Kier molecular flexibility index (Phi) is 2.50. The summed E-state index contributed by atoms with van der Waals surface area (Å²) in [4.78, 5) is 14.2. The van der Waals surface area contributed by atoms with E-state index in [2.05, 4.69) is 13.8 Å². The molecule has 1 aromatic carbocycles. The van der Waals surface area contributed by atoms with Gasteiger partial charge in [0.1, 0.15) is 0 Å². The van der Waals surface area contributed by atoms with E-state index in [-0.39, 0.29) is 5.91 Å². The first kappa shape index (κ1) is 12.0. The Balaban J connectivity index is 1.66. The van der Waals surface area contributed by atoms with Crippen molar-refractivity contribution in [2.24, 2.45) is 10.8 Å². The predicted octanol–water partition coefficient (Wildman–Crippen LogP) is 3.60. The lowest BCUT2D eigenvalue weighted by Gasteiger charge is -2.62. The van der Waals surface area contributed by atoms with Gasteiger partial charge >= 0.3 is 0 Å². The van der Waals surface area contributed by atoms with Crippen LogP contribution in [0.2, 0.25) is 5.02 Å². The number of hydrogen-bond donors (Lipinski definition) is 0. The van der Waals surface area contributed by atoms with Gasteiger partial charge in [0.15, 0.2) is 0 Å². The fourth-order valence-corrected chi connectivity index (χ4v) is 4.13. The first-order valence-electron chi connectivity index (χ1n) is 6.45. The van der Waals surface area contributed by atoms with Crippen LogP contribution < -0.4 is 0 Å². The van der Waals surface area contributed by atoms with Gasteiger partial charge in [-0.3, -0.25) is 4.79 Å². The van der Waals surface area contributed by atoms with Crippen molar-refractivity contribution in [1.82, 2.24) is 4.90 Å². The summed E-state index contributed by atoms with van der Waals surface area (Å²) in [6, 6.07) is 7.30. The van der Waals surface area contributed by atoms with Crippen LogP contribution in [0.1, 0.15) is 37.0 Å². The molecule has 0 aromatic heterocycles. The van der Waals surface area contributed by atoms with Crippen molar-refractivity contribution in [2.75, 3.05) is 13.1 Å². The third-order valence-electron chi connectivity index (χ3n) is 4.15. The molecule has 2 aliphatic rings. The van der Waals surface area contributed by atoms with Crippen LogP contribution in [-0.2, 0) is 0 Å². The van der Waals surface area contributed by atoms with Gasteiger partial charge in [0.05, 0.1) is 10.6 Å². The third kappa shape index (κ3) is 1.83. The topological polar surface area (TPSA) is 20.3 Å². The Hall–Kier alpha value is -1.02. The van der Waals surface area contributed by atoms with Crippen LogP contribution in [0.25, 0.3) is 0 Å². The molecule has 1 heterocycles. The van der Waals surface area contributed by atoms with Gasteiger partial charge in [0.2, 0.25) is 0 Å². The Labute approximate surface area is 113 Å². The van der Waals surface area contributed by atoms with Crippen LogP contribution in [0.15, 0.2) is 24.3 Å². The SMILES string of the molecule is CC1(C)CC2(CN(C(=O)c3ccccc3Cl)C2)C1. The molecule has 2 fully saturated rings. The summed E-state index contributed by atoms with van der Waals surface area (Å²) < 4.78 is 0. The van der Waals surface area contributed by atoms with Crippen molar-refractivity contribution in [1.29, 1.82) is 0 Å². The highest BCUT2D eigenvalue weighted by atomic mass is 35.5. The smallest absolute Gasteiger partial charge is 0.255 e. The summed E-state index contributed by atoms with van der Waals surface area (Å²) in [6.45, 7) is 6.41. The molecule has 1 amide bonds. The monoisotopic (exact) mass is 263 g/mol. The molecule has 0 atom stereocenters. The van der Waals surface area contributed by atoms with Crippen LogP contribution in [0.5, 0.6) is 0 Å². The molecule has 18 heavy (non-hydrogen) atoms. The summed E-state index contributed by atoms with van der Waals surface area (Å²) in [7, 11) is 0. The number of carbonyl (C=O) groups excluding carboxylic acids is 1. The van der Waals surface area contributed by atoms with E-state index >= 15 is 0 Å². The number of benzene rings is 1. The van der Waals surface area contributed by atoms with E-state index in [0.29, 0.717) is 21.4 Å². The van der Waals surface area contributed by atoms with Crippen LogP contribution in [0.4, 0.5) is 0 Å². The molecule has 3 heteroatoms. The zero-order valence-electron chi connectivity index (χ0n) is 10.9. The van der Waals surface area contributed by atoms with Crippen LogP contribution in [0, 0.1) is 10.8 Å². The van der Waals surface area contributed by atoms with Crippen molar-refractivity contribution in [3.05, 3.63) is 34.9 Å². The Morgan fingerprint density at radius 3 is 2.39 bits per heavy atom.